The largest absolute Gasteiger partial charge is 0.369 e. The normalized spacial score (nSPS) is 24.3. The summed E-state index contributed by atoms with van der Waals surface area (Å²) in [6.45, 7) is 5.28. The minimum absolute atomic E-state index is 0.552. The molecule has 2 aliphatic rings. The van der Waals surface area contributed by atoms with Gasteiger partial charge in [-0.25, -0.2) is 0 Å². The van der Waals surface area contributed by atoms with Crippen LogP contribution in [0.25, 0.3) is 0 Å². The zero-order valence-electron chi connectivity index (χ0n) is 11.3. The van der Waals surface area contributed by atoms with E-state index >= 15 is 0 Å². The fourth-order valence-corrected chi connectivity index (χ4v) is 3.68. The van der Waals surface area contributed by atoms with Gasteiger partial charge in [0.2, 0.25) is 0 Å². The second-order valence-electron chi connectivity index (χ2n) is 5.62. The third kappa shape index (κ3) is 2.73. The molecule has 0 bridgehead atoms. The number of rotatable bonds is 2. The van der Waals surface area contributed by atoms with Crippen LogP contribution >= 0.6 is 11.6 Å². The summed E-state index contributed by atoms with van der Waals surface area (Å²) in [4.78, 5) is 5.10. The minimum atomic E-state index is 0.552. The molecule has 19 heavy (non-hydrogen) atoms. The lowest BCUT2D eigenvalue weighted by Gasteiger charge is -2.28. The summed E-state index contributed by atoms with van der Waals surface area (Å²) in [7, 11) is 0. The van der Waals surface area contributed by atoms with Gasteiger partial charge in [-0.2, -0.15) is 0 Å². The van der Waals surface area contributed by atoms with Crippen LogP contribution in [0, 0.1) is 0 Å². The van der Waals surface area contributed by atoms with Crippen LogP contribution in [0.5, 0.6) is 0 Å². The van der Waals surface area contributed by atoms with Gasteiger partial charge in [0.15, 0.2) is 0 Å². The third-order valence-corrected chi connectivity index (χ3v) is 4.69. The number of anilines is 1. The van der Waals surface area contributed by atoms with Crippen LogP contribution in [-0.2, 0) is 6.54 Å². The zero-order chi connectivity index (χ0) is 13.2. The summed E-state index contributed by atoms with van der Waals surface area (Å²) in [6.07, 6.45) is 3.90. The number of fused-ring (bicyclic) bond motifs is 1. The van der Waals surface area contributed by atoms with E-state index in [9.17, 15) is 0 Å². The van der Waals surface area contributed by atoms with Crippen LogP contribution in [0.4, 0.5) is 5.69 Å². The lowest BCUT2D eigenvalue weighted by Crippen LogP contribution is -2.36. The summed E-state index contributed by atoms with van der Waals surface area (Å²) in [5.41, 5.74) is 7.94. The second-order valence-corrected chi connectivity index (χ2v) is 6.03. The van der Waals surface area contributed by atoms with Gasteiger partial charge in [0.1, 0.15) is 0 Å². The summed E-state index contributed by atoms with van der Waals surface area (Å²) in [5, 5.41) is 0.842. The molecule has 0 spiro atoms. The lowest BCUT2D eigenvalue weighted by atomic mass is 10.1. The molecule has 2 saturated heterocycles. The van der Waals surface area contributed by atoms with E-state index in [-0.39, 0.29) is 0 Å². The fourth-order valence-electron chi connectivity index (χ4n) is 3.36. The smallest absolute Gasteiger partial charge is 0.0642 e. The molecule has 1 aromatic rings. The zero-order valence-corrected chi connectivity index (χ0v) is 12.1. The van der Waals surface area contributed by atoms with Crippen LogP contribution in [0.1, 0.15) is 24.8 Å². The topological polar surface area (TPSA) is 32.5 Å². The van der Waals surface area contributed by atoms with E-state index in [1.807, 2.05) is 6.07 Å². The van der Waals surface area contributed by atoms with E-state index in [0.717, 1.165) is 23.7 Å². The molecule has 2 fully saturated rings. The van der Waals surface area contributed by atoms with Crippen molar-refractivity contribution in [1.29, 1.82) is 0 Å². The number of nitrogens with zero attached hydrogens (tertiary/aromatic N) is 2. The van der Waals surface area contributed by atoms with Crippen LogP contribution in [0.15, 0.2) is 18.2 Å². The Morgan fingerprint density at radius 2 is 2.05 bits per heavy atom. The maximum absolute atomic E-state index is 6.43. The molecular weight excluding hydrogens is 258 g/mol. The first-order chi connectivity index (χ1) is 9.28. The Morgan fingerprint density at radius 3 is 2.84 bits per heavy atom. The average molecular weight is 280 g/mol. The first-order valence-corrected chi connectivity index (χ1v) is 7.63. The minimum Gasteiger partial charge on any atom is -0.369 e. The monoisotopic (exact) mass is 279 g/mol. The summed E-state index contributed by atoms with van der Waals surface area (Å²) in [5.74, 6) is 0. The van der Waals surface area contributed by atoms with Crippen molar-refractivity contribution in [3.8, 4) is 0 Å². The third-order valence-electron chi connectivity index (χ3n) is 4.39. The molecule has 104 valence electrons. The molecule has 2 N–H and O–H groups in total. The van der Waals surface area contributed by atoms with Crippen molar-refractivity contribution in [3.63, 3.8) is 0 Å². The Bertz CT molecular complexity index is 449. The Balaban J connectivity index is 1.80. The first kappa shape index (κ1) is 13.2. The predicted molar refractivity (Wildman–Crippen MR) is 80.8 cm³/mol. The Hall–Kier alpha value is -0.770. The highest BCUT2D eigenvalue weighted by Gasteiger charge is 2.29. The molecule has 1 atom stereocenters. The Labute approximate surface area is 120 Å². The number of halogens is 1. The van der Waals surface area contributed by atoms with E-state index in [4.69, 9.17) is 17.3 Å². The lowest BCUT2D eigenvalue weighted by molar-refractivity contribution is 0.273. The number of hydrogen-bond donors (Lipinski definition) is 1. The van der Waals surface area contributed by atoms with Crippen LogP contribution in [-0.4, -0.2) is 37.1 Å². The van der Waals surface area contributed by atoms with Gasteiger partial charge < -0.3 is 10.6 Å². The molecule has 1 aromatic carbocycles. The van der Waals surface area contributed by atoms with Crippen LogP contribution in [0.3, 0.4) is 0 Å². The van der Waals surface area contributed by atoms with E-state index in [1.54, 1.807) is 0 Å². The van der Waals surface area contributed by atoms with Gasteiger partial charge >= 0.3 is 0 Å². The number of benzene rings is 1. The highest BCUT2D eigenvalue weighted by atomic mass is 35.5. The van der Waals surface area contributed by atoms with Crippen LogP contribution < -0.4 is 10.6 Å². The van der Waals surface area contributed by atoms with Gasteiger partial charge in [-0.15, -0.1) is 0 Å². The van der Waals surface area contributed by atoms with Gasteiger partial charge in [-0.3, -0.25) is 4.90 Å². The van der Waals surface area contributed by atoms with Crippen molar-refractivity contribution in [1.82, 2.24) is 4.90 Å². The maximum Gasteiger partial charge on any atom is 0.0642 e. The van der Waals surface area contributed by atoms with Gasteiger partial charge in [0.05, 0.1) is 10.7 Å². The highest BCUT2D eigenvalue weighted by Crippen LogP contribution is 2.30. The van der Waals surface area contributed by atoms with Gasteiger partial charge in [-0.1, -0.05) is 17.7 Å². The highest BCUT2D eigenvalue weighted by molar-refractivity contribution is 6.33. The number of hydrogen-bond acceptors (Lipinski definition) is 3. The predicted octanol–water partition coefficient (Wildman–Crippen LogP) is 2.47. The SMILES string of the molecule is NCc1ccc(N2CCCN3CCCC3C2)c(Cl)c1. The molecule has 2 heterocycles. The Morgan fingerprint density at radius 1 is 1.21 bits per heavy atom. The maximum atomic E-state index is 6.43. The molecule has 1 unspecified atom stereocenters. The summed E-state index contributed by atoms with van der Waals surface area (Å²) >= 11 is 6.43. The molecule has 4 heteroatoms. The fraction of sp³-hybridized carbons (Fsp3) is 0.600. The van der Waals surface area contributed by atoms with E-state index in [2.05, 4.69) is 21.9 Å². The standard InChI is InChI=1S/C15H22ClN3/c16-14-9-12(10-17)4-5-15(14)19-8-2-7-18-6-1-3-13(18)11-19/h4-5,9,13H,1-3,6-8,10-11,17H2. The van der Waals surface area contributed by atoms with Crippen molar-refractivity contribution in [2.75, 3.05) is 31.1 Å². The van der Waals surface area contributed by atoms with E-state index in [1.165, 1.54) is 38.0 Å². The van der Waals surface area contributed by atoms with Gasteiger partial charge in [0, 0.05) is 32.2 Å². The van der Waals surface area contributed by atoms with E-state index in [0.29, 0.717) is 12.6 Å². The molecule has 0 aliphatic carbocycles. The Kier molecular flexibility index (Phi) is 3.96. The van der Waals surface area contributed by atoms with Gasteiger partial charge in [-0.05, 0) is 43.5 Å². The molecule has 0 saturated carbocycles. The quantitative estimate of drug-likeness (QED) is 0.903. The number of nitrogens with two attached hydrogens (primary N) is 1. The average Bonchev–Trinajstić information content (AvgIpc) is 2.76. The molecule has 0 amide bonds. The second kappa shape index (κ2) is 5.70. The summed E-state index contributed by atoms with van der Waals surface area (Å²) < 4.78 is 0. The van der Waals surface area contributed by atoms with Crippen molar-refractivity contribution in [3.05, 3.63) is 28.8 Å². The van der Waals surface area contributed by atoms with Crippen molar-refractivity contribution < 1.29 is 0 Å². The molecular formula is C15H22ClN3. The van der Waals surface area contributed by atoms with Crippen LogP contribution in [0.2, 0.25) is 5.02 Å². The van der Waals surface area contributed by atoms with Crippen molar-refractivity contribution >= 4 is 17.3 Å². The molecule has 0 aromatic heterocycles. The molecule has 2 aliphatic heterocycles. The summed E-state index contributed by atoms with van der Waals surface area (Å²) in [6, 6.07) is 6.95. The molecule has 3 rings (SSSR count). The first-order valence-electron chi connectivity index (χ1n) is 7.25. The van der Waals surface area contributed by atoms with Crippen molar-refractivity contribution in [2.24, 2.45) is 5.73 Å². The molecule has 3 nitrogen and oxygen atoms in total. The van der Waals surface area contributed by atoms with Gasteiger partial charge in [0.25, 0.3) is 0 Å². The van der Waals surface area contributed by atoms with E-state index < -0.39 is 0 Å². The molecule has 0 radical (unpaired) electrons. The van der Waals surface area contributed by atoms with Crippen molar-refractivity contribution in [2.45, 2.75) is 31.8 Å².